The standard InChI is InChI=1S/C19H26N2O9/c1-27-17-6-12(24)18(15(30-17)5-11(23)8-22)21-16(25)7-20-19(26)10-2-3-13-14(4-10)29-9-28-13/h2-4,11-12,15,17-18,22-24H,5-9H2,1H3,(H,20,26)(H,21,25). The van der Waals surface area contributed by atoms with Crippen molar-refractivity contribution in [2.24, 2.45) is 0 Å². The van der Waals surface area contributed by atoms with E-state index in [1.165, 1.54) is 13.2 Å². The van der Waals surface area contributed by atoms with Gasteiger partial charge in [-0.25, -0.2) is 0 Å². The van der Waals surface area contributed by atoms with E-state index in [1.807, 2.05) is 0 Å². The zero-order chi connectivity index (χ0) is 21.7. The second kappa shape index (κ2) is 10.0. The number of benzene rings is 1. The summed E-state index contributed by atoms with van der Waals surface area (Å²) in [6.07, 6.45) is -3.45. The second-order valence-electron chi connectivity index (χ2n) is 7.06. The lowest BCUT2D eigenvalue weighted by molar-refractivity contribution is -0.221. The van der Waals surface area contributed by atoms with Crippen LogP contribution in [0.1, 0.15) is 23.2 Å². The molecule has 3 rings (SSSR count). The quantitative estimate of drug-likeness (QED) is 0.334. The van der Waals surface area contributed by atoms with Crippen molar-refractivity contribution in [2.45, 2.75) is 43.5 Å². The van der Waals surface area contributed by atoms with Crippen LogP contribution in [0.25, 0.3) is 0 Å². The first-order chi connectivity index (χ1) is 14.4. The molecule has 30 heavy (non-hydrogen) atoms. The average Bonchev–Trinajstić information content (AvgIpc) is 3.21. The van der Waals surface area contributed by atoms with Gasteiger partial charge < -0.3 is 44.9 Å². The van der Waals surface area contributed by atoms with Crippen LogP contribution in [-0.4, -0.2) is 84.8 Å². The lowest BCUT2D eigenvalue weighted by atomic mass is 9.94. The normalized spacial score (nSPS) is 26.1. The third-order valence-electron chi connectivity index (χ3n) is 4.93. The summed E-state index contributed by atoms with van der Waals surface area (Å²) in [5.41, 5.74) is 0.306. The van der Waals surface area contributed by atoms with Gasteiger partial charge in [-0.1, -0.05) is 0 Å². The summed E-state index contributed by atoms with van der Waals surface area (Å²) >= 11 is 0. The van der Waals surface area contributed by atoms with Crippen molar-refractivity contribution in [2.75, 3.05) is 27.1 Å². The van der Waals surface area contributed by atoms with Crippen molar-refractivity contribution < 1.29 is 43.9 Å². The minimum atomic E-state index is -1.08. The predicted octanol–water partition coefficient (Wildman–Crippen LogP) is -1.50. The first kappa shape index (κ1) is 22.2. The maximum Gasteiger partial charge on any atom is 0.251 e. The summed E-state index contributed by atoms with van der Waals surface area (Å²) in [4.78, 5) is 24.6. The van der Waals surface area contributed by atoms with Crippen LogP contribution in [0, 0.1) is 0 Å². The highest BCUT2D eigenvalue weighted by Crippen LogP contribution is 2.32. The number of hydrogen-bond acceptors (Lipinski definition) is 9. The number of aliphatic hydroxyl groups is 3. The Balaban J connectivity index is 1.55. The number of amides is 2. The summed E-state index contributed by atoms with van der Waals surface area (Å²) in [5.74, 6) is -0.0275. The number of nitrogens with one attached hydrogen (secondary N) is 2. The van der Waals surface area contributed by atoms with Gasteiger partial charge in [0, 0.05) is 25.5 Å². The van der Waals surface area contributed by atoms with E-state index >= 15 is 0 Å². The molecule has 11 nitrogen and oxygen atoms in total. The van der Waals surface area contributed by atoms with Crippen molar-refractivity contribution in [3.63, 3.8) is 0 Å². The zero-order valence-corrected chi connectivity index (χ0v) is 16.4. The monoisotopic (exact) mass is 426 g/mol. The number of aliphatic hydroxyl groups excluding tert-OH is 3. The molecule has 0 spiro atoms. The molecule has 0 aliphatic carbocycles. The van der Waals surface area contributed by atoms with Crippen LogP contribution in [0.3, 0.4) is 0 Å². The van der Waals surface area contributed by atoms with E-state index in [9.17, 15) is 19.8 Å². The number of carbonyl (C=O) groups is 2. The Morgan fingerprint density at radius 1 is 1.30 bits per heavy atom. The number of hydrogen-bond donors (Lipinski definition) is 5. The minimum Gasteiger partial charge on any atom is -0.454 e. The molecule has 0 bridgehead atoms. The number of ether oxygens (including phenoxy) is 4. The minimum absolute atomic E-state index is 0.0120. The predicted molar refractivity (Wildman–Crippen MR) is 101 cm³/mol. The molecule has 1 aromatic carbocycles. The van der Waals surface area contributed by atoms with Gasteiger partial charge in [0.1, 0.15) is 0 Å². The van der Waals surface area contributed by atoms with Gasteiger partial charge in [0.05, 0.1) is 37.5 Å². The molecule has 1 saturated heterocycles. The maximum atomic E-state index is 12.4. The van der Waals surface area contributed by atoms with E-state index in [2.05, 4.69) is 10.6 Å². The molecule has 1 aromatic rings. The van der Waals surface area contributed by atoms with Gasteiger partial charge in [-0.3, -0.25) is 9.59 Å². The molecule has 0 aromatic heterocycles. The van der Waals surface area contributed by atoms with Crippen molar-refractivity contribution in [3.8, 4) is 11.5 Å². The molecule has 2 heterocycles. The first-order valence-corrected chi connectivity index (χ1v) is 9.53. The molecule has 5 atom stereocenters. The van der Waals surface area contributed by atoms with E-state index in [1.54, 1.807) is 12.1 Å². The molecule has 11 heteroatoms. The third kappa shape index (κ3) is 5.37. The van der Waals surface area contributed by atoms with E-state index in [-0.39, 0.29) is 26.2 Å². The number of fused-ring (bicyclic) bond motifs is 1. The highest BCUT2D eigenvalue weighted by molar-refractivity contribution is 5.97. The van der Waals surface area contributed by atoms with Crippen molar-refractivity contribution in [1.82, 2.24) is 10.6 Å². The molecule has 0 saturated carbocycles. The molecule has 1 fully saturated rings. The first-order valence-electron chi connectivity index (χ1n) is 9.53. The van der Waals surface area contributed by atoms with Crippen LogP contribution < -0.4 is 20.1 Å². The van der Waals surface area contributed by atoms with E-state index in [0.29, 0.717) is 17.1 Å². The fourth-order valence-corrected chi connectivity index (χ4v) is 3.35. The van der Waals surface area contributed by atoms with Crippen molar-refractivity contribution >= 4 is 11.8 Å². The van der Waals surface area contributed by atoms with Crippen LogP contribution in [0.15, 0.2) is 18.2 Å². The lowest BCUT2D eigenvalue weighted by Gasteiger charge is -2.40. The topological polar surface area (TPSA) is 156 Å². The summed E-state index contributed by atoms with van der Waals surface area (Å²) in [6.45, 7) is -0.732. The molecule has 5 N–H and O–H groups in total. The Morgan fingerprint density at radius 3 is 2.80 bits per heavy atom. The van der Waals surface area contributed by atoms with Gasteiger partial charge >= 0.3 is 0 Å². The SMILES string of the molecule is COC1CC(O)C(NC(=O)CNC(=O)c2ccc3c(c2)OCO3)C(CC(O)CO)O1. The average molecular weight is 426 g/mol. The highest BCUT2D eigenvalue weighted by atomic mass is 16.7. The second-order valence-corrected chi connectivity index (χ2v) is 7.06. The molecule has 2 aliphatic heterocycles. The molecule has 166 valence electrons. The summed E-state index contributed by atoms with van der Waals surface area (Å²) in [7, 11) is 1.42. The Labute approximate surface area is 172 Å². The Bertz CT molecular complexity index is 758. The summed E-state index contributed by atoms with van der Waals surface area (Å²) < 4.78 is 21.2. The molecule has 2 aliphatic rings. The molecular formula is C19H26N2O9. The van der Waals surface area contributed by atoms with Crippen molar-refractivity contribution in [1.29, 1.82) is 0 Å². The van der Waals surface area contributed by atoms with Gasteiger partial charge in [0.2, 0.25) is 12.7 Å². The van der Waals surface area contributed by atoms with Gasteiger partial charge in [0.15, 0.2) is 17.8 Å². The van der Waals surface area contributed by atoms with E-state index < -0.39 is 49.1 Å². The van der Waals surface area contributed by atoms with E-state index in [4.69, 9.17) is 24.1 Å². The molecule has 5 unspecified atom stereocenters. The van der Waals surface area contributed by atoms with Crippen LogP contribution in [0.2, 0.25) is 0 Å². The Morgan fingerprint density at radius 2 is 2.07 bits per heavy atom. The molecular weight excluding hydrogens is 400 g/mol. The zero-order valence-electron chi connectivity index (χ0n) is 16.4. The third-order valence-corrected chi connectivity index (χ3v) is 4.93. The fourth-order valence-electron chi connectivity index (χ4n) is 3.35. The number of carbonyl (C=O) groups excluding carboxylic acids is 2. The van der Waals surface area contributed by atoms with Crippen LogP contribution in [-0.2, 0) is 14.3 Å². The largest absolute Gasteiger partial charge is 0.454 e. The Kier molecular flexibility index (Phi) is 7.45. The van der Waals surface area contributed by atoms with Gasteiger partial charge in [-0.05, 0) is 18.2 Å². The number of methoxy groups -OCH3 is 1. The number of rotatable bonds is 8. The maximum absolute atomic E-state index is 12.4. The van der Waals surface area contributed by atoms with Crippen LogP contribution >= 0.6 is 0 Å². The van der Waals surface area contributed by atoms with Gasteiger partial charge in [-0.15, -0.1) is 0 Å². The smallest absolute Gasteiger partial charge is 0.251 e. The van der Waals surface area contributed by atoms with E-state index in [0.717, 1.165) is 0 Å². The highest BCUT2D eigenvalue weighted by Gasteiger charge is 2.39. The summed E-state index contributed by atoms with van der Waals surface area (Å²) in [5, 5.41) is 34.3. The molecule has 2 amide bonds. The van der Waals surface area contributed by atoms with Gasteiger partial charge in [-0.2, -0.15) is 0 Å². The van der Waals surface area contributed by atoms with Gasteiger partial charge in [0.25, 0.3) is 5.91 Å². The summed E-state index contributed by atoms with van der Waals surface area (Å²) in [6, 6.07) is 3.84. The fraction of sp³-hybridized carbons (Fsp3) is 0.579. The Hall–Kier alpha value is -2.44. The molecule has 0 radical (unpaired) electrons. The van der Waals surface area contributed by atoms with Crippen LogP contribution in [0.4, 0.5) is 0 Å². The van der Waals surface area contributed by atoms with Crippen molar-refractivity contribution in [3.05, 3.63) is 23.8 Å². The lowest BCUT2D eigenvalue weighted by Crippen LogP contribution is -2.59. The van der Waals surface area contributed by atoms with Crippen LogP contribution in [0.5, 0.6) is 11.5 Å².